The zero-order valence-corrected chi connectivity index (χ0v) is 11.3. The highest BCUT2D eigenvalue weighted by Crippen LogP contribution is 2.09. The molecule has 1 aliphatic heterocycles. The van der Waals surface area contributed by atoms with E-state index in [1.54, 1.807) is 6.92 Å². The Balaban J connectivity index is 2.26. The number of hydrogen-bond acceptors (Lipinski definition) is 4. The largest absolute Gasteiger partial charge is 0.501 e. The number of carbonyl (C=O) groups is 3. The Morgan fingerprint density at radius 1 is 1.35 bits per heavy atom. The zero-order chi connectivity index (χ0) is 15.0. The number of likely N-dealkylation sites (tertiary alicyclic amines) is 1. The van der Waals surface area contributed by atoms with Crippen molar-refractivity contribution in [2.24, 2.45) is 0 Å². The van der Waals surface area contributed by atoms with Gasteiger partial charge >= 0.3 is 12.1 Å². The predicted octanol–water partition coefficient (Wildman–Crippen LogP) is 0.505. The lowest BCUT2D eigenvalue weighted by atomic mass is 10.1. The van der Waals surface area contributed by atoms with E-state index in [1.165, 1.54) is 11.2 Å². The molecule has 0 aromatic rings. The molecule has 1 rings (SSSR count). The molecule has 0 radical (unpaired) electrons. The maximum absolute atomic E-state index is 11.5. The number of nitrogens with one attached hydrogen (secondary N) is 2. The third-order valence-corrected chi connectivity index (χ3v) is 2.82. The van der Waals surface area contributed by atoms with Crippen LogP contribution in [0.15, 0.2) is 12.3 Å². The van der Waals surface area contributed by atoms with Crippen LogP contribution in [0.4, 0.5) is 9.59 Å². The highest BCUT2D eigenvalue weighted by molar-refractivity contribution is 6.00. The molecule has 0 aromatic carbocycles. The summed E-state index contributed by atoms with van der Waals surface area (Å²) in [5.74, 6) is -0.570. The fraction of sp³-hybridized carbons (Fsp3) is 0.583. The van der Waals surface area contributed by atoms with Crippen molar-refractivity contribution in [1.82, 2.24) is 15.5 Å². The van der Waals surface area contributed by atoms with Crippen LogP contribution < -0.4 is 10.6 Å². The number of urea groups is 1. The molecule has 1 fully saturated rings. The Bertz CT molecular complexity index is 389. The Morgan fingerprint density at radius 2 is 2.00 bits per heavy atom. The molecule has 0 aliphatic carbocycles. The summed E-state index contributed by atoms with van der Waals surface area (Å²) in [6, 6.07) is -0.723. The first kappa shape index (κ1) is 15.8. The van der Waals surface area contributed by atoms with E-state index in [2.05, 4.69) is 10.6 Å². The first-order valence-corrected chi connectivity index (χ1v) is 6.40. The van der Waals surface area contributed by atoms with Gasteiger partial charge in [-0.15, -0.1) is 0 Å². The molecule has 1 heterocycles. The molecule has 0 saturated carbocycles. The van der Waals surface area contributed by atoms with Crippen molar-refractivity contribution in [3.05, 3.63) is 12.3 Å². The Labute approximate surface area is 116 Å². The Kier molecular flexibility index (Phi) is 6.34. The van der Waals surface area contributed by atoms with Crippen molar-refractivity contribution in [2.45, 2.75) is 25.8 Å². The van der Waals surface area contributed by atoms with Gasteiger partial charge in [0.05, 0.1) is 12.9 Å². The summed E-state index contributed by atoms with van der Waals surface area (Å²) in [5, 5.41) is 13.6. The van der Waals surface area contributed by atoms with Crippen LogP contribution in [0.2, 0.25) is 0 Å². The van der Waals surface area contributed by atoms with Gasteiger partial charge in [0.2, 0.25) is 0 Å². The number of nitrogens with zero attached hydrogens (tertiary/aromatic N) is 1. The van der Waals surface area contributed by atoms with Crippen molar-refractivity contribution in [3.8, 4) is 0 Å². The minimum Gasteiger partial charge on any atom is -0.501 e. The van der Waals surface area contributed by atoms with Gasteiger partial charge < -0.3 is 20.1 Å². The monoisotopic (exact) mass is 285 g/mol. The van der Waals surface area contributed by atoms with Gasteiger partial charge in [-0.3, -0.25) is 10.1 Å². The predicted molar refractivity (Wildman–Crippen MR) is 70.1 cm³/mol. The molecule has 0 unspecified atom stereocenters. The van der Waals surface area contributed by atoms with Gasteiger partial charge in [-0.2, -0.15) is 0 Å². The van der Waals surface area contributed by atoms with Crippen LogP contribution in [0, 0.1) is 0 Å². The normalized spacial score (nSPS) is 15.9. The average molecular weight is 285 g/mol. The number of hydrogen-bond donors (Lipinski definition) is 3. The highest BCUT2D eigenvalue weighted by Gasteiger charge is 2.23. The third-order valence-electron chi connectivity index (χ3n) is 2.82. The molecular weight excluding hydrogens is 266 g/mol. The molecule has 4 amide bonds. The molecule has 0 atom stereocenters. The van der Waals surface area contributed by atoms with Crippen molar-refractivity contribution in [2.75, 3.05) is 19.7 Å². The van der Waals surface area contributed by atoms with Crippen molar-refractivity contribution in [3.63, 3.8) is 0 Å². The number of ether oxygens (including phenoxy) is 1. The molecule has 8 nitrogen and oxygen atoms in total. The number of imide groups is 1. The van der Waals surface area contributed by atoms with Crippen LogP contribution in [-0.2, 0) is 9.53 Å². The lowest BCUT2D eigenvalue weighted by molar-refractivity contribution is -0.115. The summed E-state index contributed by atoms with van der Waals surface area (Å²) >= 11 is 0. The first-order valence-electron chi connectivity index (χ1n) is 6.40. The minimum atomic E-state index is -0.954. The number of carboxylic acid groups (broad SMARTS) is 1. The van der Waals surface area contributed by atoms with E-state index < -0.39 is 18.0 Å². The van der Waals surface area contributed by atoms with Gasteiger partial charge in [0.1, 0.15) is 0 Å². The maximum Gasteiger partial charge on any atom is 0.407 e. The van der Waals surface area contributed by atoms with E-state index in [9.17, 15) is 14.4 Å². The highest BCUT2D eigenvalue weighted by atomic mass is 16.5. The van der Waals surface area contributed by atoms with E-state index in [-0.39, 0.29) is 6.04 Å². The quantitative estimate of drug-likeness (QED) is 0.515. The fourth-order valence-electron chi connectivity index (χ4n) is 1.80. The van der Waals surface area contributed by atoms with Crippen molar-refractivity contribution in [1.29, 1.82) is 0 Å². The lowest BCUT2D eigenvalue weighted by Gasteiger charge is -2.30. The van der Waals surface area contributed by atoms with Gasteiger partial charge in [0, 0.05) is 25.2 Å². The number of carbonyl (C=O) groups excluding carboxylic acids is 2. The zero-order valence-electron chi connectivity index (χ0n) is 11.3. The Hall–Kier alpha value is -2.25. The van der Waals surface area contributed by atoms with E-state index >= 15 is 0 Å². The molecule has 0 aromatic heterocycles. The Morgan fingerprint density at radius 3 is 2.55 bits per heavy atom. The topological polar surface area (TPSA) is 108 Å². The first-order chi connectivity index (χ1) is 9.52. The van der Waals surface area contributed by atoms with E-state index in [0.29, 0.717) is 32.5 Å². The third kappa shape index (κ3) is 5.59. The molecule has 112 valence electrons. The standard InChI is InChI=1S/C12H19N3O5/c1-2-20-8-5-10(16)14-11(17)13-9-3-6-15(7-4-9)12(18)19/h5,8-9H,2-4,6-7H2,1H3,(H,18,19)(H2,13,14,16,17). The number of amides is 4. The summed E-state index contributed by atoms with van der Waals surface area (Å²) in [6.45, 7) is 2.97. The number of piperidine rings is 1. The van der Waals surface area contributed by atoms with Crippen LogP contribution in [0.1, 0.15) is 19.8 Å². The van der Waals surface area contributed by atoms with Crippen LogP contribution in [0.5, 0.6) is 0 Å². The number of rotatable bonds is 4. The molecular formula is C12H19N3O5. The van der Waals surface area contributed by atoms with Crippen LogP contribution in [0.25, 0.3) is 0 Å². The SMILES string of the molecule is CCOC=CC(=O)NC(=O)NC1CCN(C(=O)O)CC1. The lowest BCUT2D eigenvalue weighted by Crippen LogP contribution is -2.49. The summed E-state index contributed by atoms with van der Waals surface area (Å²) in [7, 11) is 0. The summed E-state index contributed by atoms with van der Waals surface area (Å²) < 4.78 is 4.84. The molecule has 8 heteroatoms. The maximum atomic E-state index is 11.5. The second-order valence-corrected chi connectivity index (χ2v) is 4.26. The van der Waals surface area contributed by atoms with Gasteiger partial charge in [-0.25, -0.2) is 9.59 Å². The second kappa shape index (κ2) is 8.03. The molecule has 1 aliphatic rings. The van der Waals surface area contributed by atoms with Gasteiger partial charge in [-0.05, 0) is 19.8 Å². The molecule has 20 heavy (non-hydrogen) atoms. The van der Waals surface area contributed by atoms with E-state index in [0.717, 1.165) is 6.08 Å². The average Bonchev–Trinajstić information content (AvgIpc) is 2.39. The summed E-state index contributed by atoms with van der Waals surface area (Å²) in [5.41, 5.74) is 0. The second-order valence-electron chi connectivity index (χ2n) is 4.26. The molecule has 0 spiro atoms. The van der Waals surface area contributed by atoms with Crippen LogP contribution in [0.3, 0.4) is 0 Å². The van der Waals surface area contributed by atoms with Crippen molar-refractivity contribution >= 4 is 18.0 Å². The van der Waals surface area contributed by atoms with Crippen LogP contribution >= 0.6 is 0 Å². The van der Waals surface area contributed by atoms with Crippen LogP contribution in [-0.4, -0.2) is 53.8 Å². The van der Waals surface area contributed by atoms with Gasteiger partial charge in [0.25, 0.3) is 5.91 Å². The summed E-state index contributed by atoms with van der Waals surface area (Å²) in [4.78, 5) is 34.8. The van der Waals surface area contributed by atoms with Crippen molar-refractivity contribution < 1.29 is 24.2 Å². The molecule has 1 saturated heterocycles. The molecule has 0 bridgehead atoms. The molecule has 3 N–H and O–H groups in total. The summed E-state index contributed by atoms with van der Waals surface area (Å²) in [6.07, 6.45) is 2.44. The van der Waals surface area contributed by atoms with E-state index in [4.69, 9.17) is 9.84 Å². The fourth-order valence-corrected chi connectivity index (χ4v) is 1.80. The van der Waals surface area contributed by atoms with E-state index in [1.807, 2.05) is 0 Å². The minimum absolute atomic E-state index is 0.130. The van der Waals surface area contributed by atoms with Gasteiger partial charge in [0.15, 0.2) is 0 Å². The van der Waals surface area contributed by atoms with Gasteiger partial charge in [-0.1, -0.05) is 0 Å². The smallest absolute Gasteiger partial charge is 0.407 e.